The van der Waals surface area contributed by atoms with Crippen molar-refractivity contribution in [1.29, 1.82) is 0 Å². The maximum atomic E-state index is 12.6. The zero-order valence-corrected chi connectivity index (χ0v) is 30.2. The van der Waals surface area contributed by atoms with Crippen LogP contribution < -0.4 is 20.8 Å². The van der Waals surface area contributed by atoms with Crippen molar-refractivity contribution in [2.75, 3.05) is 10.6 Å². The van der Waals surface area contributed by atoms with Crippen molar-refractivity contribution in [2.24, 2.45) is 0 Å². The second-order valence-corrected chi connectivity index (χ2v) is 12.0. The van der Waals surface area contributed by atoms with Crippen LogP contribution in [0.1, 0.15) is 126 Å². The van der Waals surface area contributed by atoms with Gasteiger partial charge in [0, 0.05) is 22.5 Å². The monoisotopic (exact) mass is 662 g/mol. The smallest absolute Gasteiger partial charge is 1.00 e. The Bertz CT molecular complexity index is 1700. The Hall–Kier alpha value is -3.98. The van der Waals surface area contributed by atoms with E-state index in [4.69, 9.17) is 0 Å². The van der Waals surface area contributed by atoms with Gasteiger partial charge in [-0.15, -0.1) is 0 Å². The van der Waals surface area contributed by atoms with Crippen molar-refractivity contribution in [3.8, 4) is 0 Å². The number of amides is 2. The summed E-state index contributed by atoms with van der Waals surface area (Å²) in [5, 5.41) is 27.5. The van der Waals surface area contributed by atoms with Gasteiger partial charge in [0.25, 0.3) is 11.8 Å². The van der Waals surface area contributed by atoms with E-state index >= 15 is 0 Å². The van der Waals surface area contributed by atoms with Crippen LogP contribution in [-0.2, 0) is 0 Å². The molecule has 0 radical (unpaired) electrons. The fraction of sp³-hybridized carbons (Fsp3) is 0.263. The molecule has 2 N–H and O–H groups in total. The van der Waals surface area contributed by atoms with Gasteiger partial charge in [0.1, 0.15) is 0 Å². The Morgan fingerprint density at radius 3 is 1.15 bits per heavy atom. The molecule has 0 unspecified atom stereocenters. The number of benzene rings is 4. The number of rotatable bonds is 9. The van der Waals surface area contributed by atoms with Crippen molar-refractivity contribution < 1.29 is 32.2 Å². The summed E-state index contributed by atoms with van der Waals surface area (Å²) in [5.74, 6) is -2.19. The second-order valence-electron chi connectivity index (χ2n) is 12.0. The number of carboxylic acids is 2. The van der Waals surface area contributed by atoms with Crippen LogP contribution in [0.3, 0.4) is 0 Å². The maximum Gasteiger partial charge on any atom is 2.00 e. The van der Waals surface area contributed by atoms with Gasteiger partial charge < -0.3 is 33.3 Å². The predicted octanol–water partition coefficient (Wildman–Crippen LogP) is 6.13. The van der Waals surface area contributed by atoms with Gasteiger partial charge in [-0.25, -0.2) is 0 Å². The van der Waals surface area contributed by atoms with E-state index in [-0.39, 0.29) is 81.3 Å². The fourth-order valence-corrected chi connectivity index (χ4v) is 4.92. The first-order chi connectivity index (χ1) is 21.7. The number of aromatic carboxylic acids is 2. The summed E-state index contributed by atoms with van der Waals surface area (Å²) in [6.45, 7) is 14.4. The van der Waals surface area contributed by atoms with Crippen LogP contribution in [0.2, 0.25) is 0 Å². The first-order valence-electron chi connectivity index (χ1n) is 15.2. The molecule has 0 heterocycles. The van der Waals surface area contributed by atoms with Crippen LogP contribution >= 0.6 is 0 Å². The molecular formula is C38H42CaN2O6-2. The predicted molar refractivity (Wildman–Crippen MR) is 185 cm³/mol. The van der Waals surface area contributed by atoms with Gasteiger partial charge in [-0.1, -0.05) is 102 Å². The molecular weight excluding hydrogens is 621 g/mol. The van der Waals surface area contributed by atoms with Crippen LogP contribution in [0.25, 0.3) is 0 Å². The Balaban J connectivity index is 0.000000889. The zero-order chi connectivity index (χ0) is 34.1. The molecule has 0 aliphatic heterocycles. The van der Waals surface area contributed by atoms with Crippen molar-refractivity contribution in [3.63, 3.8) is 0 Å². The molecule has 47 heavy (non-hydrogen) atoms. The third-order valence-electron chi connectivity index (χ3n) is 7.54. The summed E-state index contributed by atoms with van der Waals surface area (Å²) >= 11 is 0. The molecule has 0 saturated heterocycles. The number of hydrogen-bond acceptors (Lipinski definition) is 6. The molecule has 0 spiro atoms. The van der Waals surface area contributed by atoms with Gasteiger partial charge in [-0.3, -0.25) is 9.59 Å². The fourth-order valence-electron chi connectivity index (χ4n) is 4.92. The third-order valence-corrected chi connectivity index (χ3v) is 7.54. The first kappa shape index (κ1) is 39.2. The van der Waals surface area contributed by atoms with Crippen LogP contribution in [-0.4, -0.2) is 61.5 Å². The van der Waals surface area contributed by atoms with Gasteiger partial charge in [0.15, 0.2) is 0 Å². The molecule has 0 aromatic heterocycles. The maximum absolute atomic E-state index is 12.6. The van der Waals surface area contributed by atoms with Crippen LogP contribution in [0, 0.1) is 6.92 Å². The van der Waals surface area contributed by atoms with E-state index in [0.717, 1.165) is 33.6 Å². The second kappa shape index (κ2) is 17.8. The minimum absolute atomic E-state index is 0. The Labute approximate surface area is 309 Å². The van der Waals surface area contributed by atoms with E-state index in [2.05, 4.69) is 52.2 Å². The molecule has 4 aromatic rings. The average molecular weight is 663 g/mol. The largest absolute Gasteiger partial charge is 2.00 e. The number of para-hydroxylation sites is 2. The molecule has 0 aliphatic carbocycles. The molecule has 0 fully saturated rings. The van der Waals surface area contributed by atoms with E-state index in [1.807, 2.05) is 43.3 Å². The Kier molecular flexibility index (Phi) is 14.8. The average Bonchev–Trinajstić information content (AvgIpc) is 3.02. The van der Waals surface area contributed by atoms with Gasteiger partial charge in [-0.2, -0.15) is 0 Å². The van der Waals surface area contributed by atoms with E-state index in [9.17, 15) is 29.4 Å². The summed E-state index contributed by atoms with van der Waals surface area (Å²) in [6.07, 6.45) is 0. The van der Waals surface area contributed by atoms with E-state index in [0.29, 0.717) is 11.1 Å². The number of anilines is 2. The van der Waals surface area contributed by atoms with Crippen molar-refractivity contribution in [1.82, 2.24) is 0 Å². The Morgan fingerprint density at radius 2 is 0.809 bits per heavy atom. The minimum atomic E-state index is -1.26. The van der Waals surface area contributed by atoms with Gasteiger partial charge >= 0.3 is 37.7 Å². The van der Waals surface area contributed by atoms with Gasteiger partial charge in [0.05, 0.1) is 11.9 Å². The van der Waals surface area contributed by atoms with Crippen LogP contribution in [0.5, 0.6) is 0 Å². The number of carbonyl (C=O) groups is 4. The van der Waals surface area contributed by atoms with Crippen LogP contribution in [0.15, 0.2) is 84.9 Å². The van der Waals surface area contributed by atoms with Crippen LogP contribution in [0.4, 0.5) is 11.4 Å². The number of hydrogen-bond donors (Lipinski definition) is 2. The third kappa shape index (κ3) is 10.5. The molecule has 9 heteroatoms. The molecule has 0 atom stereocenters. The number of carboxylic acid groups (broad SMARTS) is 2. The number of nitrogens with one attached hydrogen (secondary N) is 2. The molecule has 244 valence electrons. The van der Waals surface area contributed by atoms with Crippen molar-refractivity contribution in [3.05, 3.63) is 129 Å². The normalized spacial score (nSPS) is 10.5. The van der Waals surface area contributed by atoms with E-state index in [1.165, 1.54) is 48.5 Å². The van der Waals surface area contributed by atoms with Crippen molar-refractivity contribution >= 4 is 72.9 Å². The summed E-state index contributed by atoms with van der Waals surface area (Å²) in [5.41, 5.74) is 6.80. The molecule has 2 amide bonds. The molecule has 8 nitrogen and oxygen atoms in total. The quantitative estimate of drug-likeness (QED) is 0.207. The van der Waals surface area contributed by atoms with E-state index in [1.54, 1.807) is 0 Å². The summed E-state index contributed by atoms with van der Waals surface area (Å²) in [4.78, 5) is 46.4. The number of carbonyl (C=O) groups excluding carboxylic acids is 4. The summed E-state index contributed by atoms with van der Waals surface area (Å²) in [7, 11) is 0. The van der Waals surface area contributed by atoms with Crippen molar-refractivity contribution in [2.45, 2.75) is 66.2 Å². The molecule has 0 saturated carbocycles. The first-order valence-corrected chi connectivity index (χ1v) is 15.2. The zero-order valence-electron chi connectivity index (χ0n) is 30.0. The summed E-state index contributed by atoms with van der Waals surface area (Å²) in [6, 6.07) is 23.4. The standard InChI is InChI=1S/C20H23NO3.C18H19NO3.Ca.2H/c1-12(2)16-6-5-7-17(13(3)4)18(16)21-19(22)14-8-10-15(11-9-14)20(23)24;1-11(2)15-6-4-5-12(3)16(15)19-17(20)13-7-9-14(10-8-13)18(21)22;;;/h5-13H,1-4H3,(H,21,22)(H,23,24);4-11H,1-3H3,(H,19,20)(H,21,22);;;/q;;+2;2*-1/p-2. The Morgan fingerprint density at radius 1 is 0.511 bits per heavy atom. The van der Waals surface area contributed by atoms with Gasteiger partial charge in [0.2, 0.25) is 0 Å². The molecule has 4 rings (SSSR count). The number of aryl methyl sites for hydroxylation is 1. The summed E-state index contributed by atoms with van der Waals surface area (Å²) < 4.78 is 0. The van der Waals surface area contributed by atoms with Gasteiger partial charge in [-0.05, 0) is 82.3 Å². The van der Waals surface area contributed by atoms with E-state index < -0.39 is 11.9 Å². The molecule has 4 aromatic carbocycles. The molecule has 0 aliphatic rings. The minimum Gasteiger partial charge on any atom is -1.00 e. The molecule has 0 bridgehead atoms. The SMILES string of the molecule is CC(C)c1cccc(C(C)C)c1NC(=O)c1ccc(C(=O)[O-])cc1.Cc1cccc(C(C)C)c1NC(=O)c1ccc(C(=O)[O-])cc1.[Ca+2].[H-].[H-]. The topological polar surface area (TPSA) is 138 Å².